The van der Waals surface area contributed by atoms with Crippen LogP contribution < -0.4 is 12.4 Å². The molecule has 0 aliphatic carbocycles. The standard InChI is InChI=1S/C9H18O2P.ClH/c1-8(2)9(10)11-6-7-12(3,4)5;/h1,6-7H2,2-5H3;1H/q+1;/p-1. The predicted octanol–water partition coefficient (Wildman–Crippen LogP) is -0.983. The van der Waals surface area contributed by atoms with E-state index in [2.05, 4.69) is 26.6 Å². The van der Waals surface area contributed by atoms with Gasteiger partial charge in [0.25, 0.3) is 0 Å². The zero-order valence-electron chi connectivity index (χ0n) is 8.76. The van der Waals surface area contributed by atoms with E-state index in [4.69, 9.17) is 4.74 Å². The van der Waals surface area contributed by atoms with E-state index in [1.807, 2.05) is 0 Å². The summed E-state index contributed by atoms with van der Waals surface area (Å²) in [5.74, 6) is -0.275. The van der Waals surface area contributed by atoms with Crippen LogP contribution >= 0.6 is 7.26 Å². The van der Waals surface area contributed by atoms with E-state index in [1.54, 1.807) is 6.92 Å². The molecule has 0 radical (unpaired) electrons. The molecule has 0 spiro atoms. The van der Waals surface area contributed by atoms with Crippen LogP contribution in [0.4, 0.5) is 0 Å². The van der Waals surface area contributed by atoms with Crippen LogP contribution in [-0.2, 0) is 9.53 Å². The molecule has 2 nitrogen and oxygen atoms in total. The maximum absolute atomic E-state index is 10.9. The van der Waals surface area contributed by atoms with E-state index in [1.165, 1.54) is 0 Å². The smallest absolute Gasteiger partial charge is 0.333 e. The average molecular weight is 225 g/mol. The van der Waals surface area contributed by atoms with E-state index >= 15 is 0 Å². The first-order valence-electron chi connectivity index (χ1n) is 3.96. The Kier molecular flexibility index (Phi) is 7.58. The van der Waals surface area contributed by atoms with E-state index in [0.717, 1.165) is 6.16 Å². The third-order valence-corrected chi connectivity index (χ3v) is 2.87. The zero-order valence-corrected chi connectivity index (χ0v) is 10.4. The predicted molar refractivity (Wildman–Crippen MR) is 55.3 cm³/mol. The van der Waals surface area contributed by atoms with E-state index in [9.17, 15) is 4.79 Å². The van der Waals surface area contributed by atoms with Crippen LogP contribution in [0.5, 0.6) is 0 Å². The minimum atomic E-state index is -0.809. The summed E-state index contributed by atoms with van der Waals surface area (Å²) in [5, 5.41) is 0. The van der Waals surface area contributed by atoms with Crippen molar-refractivity contribution in [2.45, 2.75) is 6.92 Å². The molecule has 4 heteroatoms. The van der Waals surface area contributed by atoms with Crippen molar-refractivity contribution in [3.63, 3.8) is 0 Å². The van der Waals surface area contributed by atoms with Crippen molar-refractivity contribution in [2.75, 3.05) is 32.8 Å². The number of carbonyl (C=O) groups is 1. The largest absolute Gasteiger partial charge is 1.00 e. The Morgan fingerprint density at radius 2 is 1.85 bits per heavy atom. The molecule has 0 aromatic heterocycles. The second-order valence-corrected chi connectivity index (χ2v) is 8.96. The maximum Gasteiger partial charge on any atom is 0.333 e. The van der Waals surface area contributed by atoms with Crippen LogP contribution in [0, 0.1) is 0 Å². The van der Waals surface area contributed by atoms with Gasteiger partial charge in [0.05, 0.1) is 6.16 Å². The quantitative estimate of drug-likeness (QED) is 0.349. The van der Waals surface area contributed by atoms with Gasteiger partial charge in [0.15, 0.2) is 0 Å². The van der Waals surface area contributed by atoms with Gasteiger partial charge in [-0.1, -0.05) is 6.58 Å². The molecule has 13 heavy (non-hydrogen) atoms. The van der Waals surface area contributed by atoms with Gasteiger partial charge < -0.3 is 17.1 Å². The van der Waals surface area contributed by atoms with Gasteiger partial charge in [-0.3, -0.25) is 0 Å². The Labute approximate surface area is 87.5 Å². The van der Waals surface area contributed by atoms with Gasteiger partial charge in [0.2, 0.25) is 0 Å². The highest BCUT2D eigenvalue weighted by molar-refractivity contribution is 7.73. The summed E-state index contributed by atoms with van der Waals surface area (Å²) in [6.45, 7) is 12.4. The number of rotatable bonds is 4. The lowest BCUT2D eigenvalue weighted by Crippen LogP contribution is -3.00. The highest BCUT2D eigenvalue weighted by Gasteiger charge is 2.17. The lowest BCUT2D eigenvalue weighted by atomic mass is 10.4. The minimum Gasteiger partial charge on any atom is -1.00 e. The maximum atomic E-state index is 10.9. The molecule has 0 N–H and O–H groups in total. The first-order valence-corrected chi connectivity index (χ1v) is 7.27. The monoisotopic (exact) mass is 224 g/mol. The van der Waals surface area contributed by atoms with Crippen molar-refractivity contribution in [1.82, 2.24) is 0 Å². The Morgan fingerprint density at radius 3 is 2.15 bits per heavy atom. The zero-order chi connectivity index (χ0) is 9.78. The summed E-state index contributed by atoms with van der Waals surface area (Å²) in [5.41, 5.74) is 0.474. The third kappa shape index (κ3) is 9.85. The third-order valence-electron chi connectivity index (χ3n) is 1.34. The topological polar surface area (TPSA) is 26.3 Å². The molecular weight excluding hydrogens is 207 g/mol. The Bertz CT molecular complexity index is 185. The average Bonchev–Trinajstić information content (AvgIpc) is 1.84. The molecule has 0 saturated carbocycles. The first-order chi connectivity index (χ1) is 5.33. The van der Waals surface area contributed by atoms with Crippen molar-refractivity contribution in [1.29, 1.82) is 0 Å². The van der Waals surface area contributed by atoms with E-state index in [-0.39, 0.29) is 18.4 Å². The molecule has 0 heterocycles. The first kappa shape index (κ1) is 15.4. The Morgan fingerprint density at radius 1 is 1.38 bits per heavy atom. The molecule has 0 unspecified atom stereocenters. The Hall–Kier alpha value is -0.0700. The number of hydrogen-bond acceptors (Lipinski definition) is 2. The SMILES string of the molecule is C=C(C)C(=O)OCC[P+](C)(C)C.[Cl-]. The number of hydrogen-bond donors (Lipinski definition) is 0. The summed E-state index contributed by atoms with van der Waals surface area (Å²) in [6.07, 6.45) is 0.992. The molecule has 0 saturated heterocycles. The van der Waals surface area contributed by atoms with E-state index in [0.29, 0.717) is 12.2 Å². The minimum absolute atomic E-state index is 0. The molecule has 0 aromatic carbocycles. The number of ether oxygens (including phenoxy) is 1. The second-order valence-electron chi connectivity index (χ2n) is 3.93. The second kappa shape index (κ2) is 6.39. The van der Waals surface area contributed by atoms with Crippen molar-refractivity contribution in [3.05, 3.63) is 12.2 Å². The number of halogens is 1. The van der Waals surface area contributed by atoms with Gasteiger partial charge in [-0.15, -0.1) is 0 Å². The fraction of sp³-hybridized carbons (Fsp3) is 0.667. The van der Waals surface area contributed by atoms with Gasteiger partial charge in [-0.25, -0.2) is 4.79 Å². The van der Waals surface area contributed by atoms with Crippen LogP contribution in [0.3, 0.4) is 0 Å². The summed E-state index contributed by atoms with van der Waals surface area (Å²) < 4.78 is 4.97. The molecule has 0 atom stereocenters. The van der Waals surface area contributed by atoms with Crippen molar-refractivity contribution in [2.24, 2.45) is 0 Å². The van der Waals surface area contributed by atoms with Crippen molar-refractivity contribution >= 4 is 13.2 Å². The van der Waals surface area contributed by atoms with Crippen LogP contribution in [-0.4, -0.2) is 38.7 Å². The fourth-order valence-electron chi connectivity index (χ4n) is 0.535. The van der Waals surface area contributed by atoms with E-state index < -0.39 is 7.26 Å². The molecule has 0 rings (SSSR count). The van der Waals surface area contributed by atoms with Crippen LogP contribution in [0.15, 0.2) is 12.2 Å². The summed E-state index contributed by atoms with van der Waals surface area (Å²) in [7, 11) is -0.809. The number of carbonyl (C=O) groups excluding carboxylic acids is 1. The lowest BCUT2D eigenvalue weighted by molar-refractivity contribution is -0.138. The van der Waals surface area contributed by atoms with Crippen LogP contribution in [0.1, 0.15) is 6.92 Å². The van der Waals surface area contributed by atoms with Crippen molar-refractivity contribution in [3.8, 4) is 0 Å². The molecule has 0 fully saturated rings. The van der Waals surface area contributed by atoms with Gasteiger partial charge in [0.1, 0.15) is 6.61 Å². The molecular formula is C9H18ClO2P. The van der Waals surface area contributed by atoms with Gasteiger partial charge >= 0.3 is 5.97 Å². The normalized spacial score (nSPS) is 10.2. The van der Waals surface area contributed by atoms with Crippen LogP contribution in [0.25, 0.3) is 0 Å². The molecule has 0 aliphatic heterocycles. The van der Waals surface area contributed by atoms with Gasteiger partial charge in [0, 0.05) is 32.8 Å². The summed E-state index contributed by atoms with van der Waals surface area (Å²) >= 11 is 0. The highest BCUT2D eigenvalue weighted by Crippen LogP contribution is 2.45. The van der Waals surface area contributed by atoms with Crippen LogP contribution in [0.2, 0.25) is 0 Å². The summed E-state index contributed by atoms with van der Waals surface area (Å²) in [6, 6.07) is 0. The lowest BCUT2D eigenvalue weighted by Gasteiger charge is -2.11. The summed E-state index contributed by atoms with van der Waals surface area (Å²) in [4.78, 5) is 10.9. The molecule has 0 amide bonds. The molecule has 0 aromatic rings. The molecule has 0 bridgehead atoms. The van der Waals surface area contributed by atoms with Crippen molar-refractivity contribution < 1.29 is 21.9 Å². The Balaban J connectivity index is 0. The van der Waals surface area contributed by atoms with Gasteiger partial charge in [-0.2, -0.15) is 0 Å². The molecule has 78 valence electrons. The number of esters is 1. The molecule has 0 aliphatic rings. The highest BCUT2D eigenvalue weighted by atomic mass is 35.5. The fourth-order valence-corrected chi connectivity index (χ4v) is 1.17. The van der Waals surface area contributed by atoms with Gasteiger partial charge in [-0.05, 0) is 6.92 Å².